The number of nitrogens with two attached hydrogens (primary N) is 1. The molecular weight excluding hydrogens is 250 g/mol. The Morgan fingerprint density at radius 3 is 2.60 bits per heavy atom. The van der Waals surface area contributed by atoms with Gasteiger partial charge in [-0.3, -0.25) is 4.79 Å². The van der Waals surface area contributed by atoms with E-state index in [4.69, 9.17) is 5.73 Å². The molecule has 3 N–H and O–H groups in total. The number of rotatable bonds is 7. The first-order valence-electron chi connectivity index (χ1n) is 7.11. The fraction of sp³-hybridized carbons (Fsp3) is 0.562. The quantitative estimate of drug-likeness (QED) is 0.805. The molecule has 0 aliphatic heterocycles. The molecule has 0 aliphatic rings. The molecule has 0 radical (unpaired) electrons. The predicted octanol–water partition coefficient (Wildman–Crippen LogP) is 2.85. The zero-order valence-corrected chi connectivity index (χ0v) is 13.1. The molecule has 0 fully saturated rings. The minimum absolute atomic E-state index is 0.0611. The van der Waals surface area contributed by atoms with Crippen LogP contribution in [0, 0.1) is 5.41 Å². The topological polar surface area (TPSA) is 58.4 Å². The summed E-state index contributed by atoms with van der Waals surface area (Å²) in [5.74, 6) is 0.0611. The average Bonchev–Trinajstić information content (AvgIpc) is 2.37. The van der Waals surface area contributed by atoms with Crippen LogP contribution in [0.4, 0.5) is 11.4 Å². The summed E-state index contributed by atoms with van der Waals surface area (Å²) in [5, 5.41) is 2.96. The molecule has 4 heteroatoms. The third-order valence-electron chi connectivity index (χ3n) is 3.50. The fourth-order valence-electron chi connectivity index (χ4n) is 2.05. The number of hydrogen-bond acceptors (Lipinski definition) is 3. The summed E-state index contributed by atoms with van der Waals surface area (Å²) < 4.78 is 0. The minimum atomic E-state index is 0.0611. The highest BCUT2D eigenvalue weighted by atomic mass is 16.1. The first-order chi connectivity index (χ1) is 9.34. The maximum absolute atomic E-state index is 12.0. The van der Waals surface area contributed by atoms with E-state index in [1.807, 2.05) is 43.3 Å². The minimum Gasteiger partial charge on any atom is -0.378 e. The molecule has 0 bridgehead atoms. The summed E-state index contributed by atoms with van der Waals surface area (Å²) in [5.41, 5.74) is 7.63. The van der Waals surface area contributed by atoms with Crippen LogP contribution in [0.15, 0.2) is 24.3 Å². The van der Waals surface area contributed by atoms with Crippen molar-refractivity contribution < 1.29 is 4.79 Å². The van der Waals surface area contributed by atoms with Crippen LogP contribution in [0.1, 0.15) is 33.1 Å². The summed E-state index contributed by atoms with van der Waals surface area (Å²) in [7, 11) is 3.96. The largest absolute Gasteiger partial charge is 0.378 e. The van der Waals surface area contributed by atoms with Gasteiger partial charge < -0.3 is 16.0 Å². The highest BCUT2D eigenvalue weighted by molar-refractivity contribution is 5.91. The van der Waals surface area contributed by atoms with Crippen LogP contribution in [0.2, 0.25) is 0 Å². The first kappa shape index (κ1) is 16.5. The number of nitrogens with zero attached hydrogens (tertiary/aromatic N) is 1. The molecule has 1 aromatic rings. The molecule has 20 heavy (non-hydrogen) atoms. The van der Waals surface area contributed by atoms with E-state index >= 15 is 0 Å². The summed E-state index contributed by atoms with van der Waals surface area (Å²) in [6.07, 6.45) is 2.32. The normalized spacial score (nSPS) is 11.2. The molecule has 4 nitrogen and oxygen atoms in total. The lowest BCUT2D eigenvalue weighted by Gasteiger charge is -2.23. The molecule has 0 saturated heterocycles. The Balaban J connectivity index is 2.52. The maximum atomic E-state index is 12.0. The van der Waals surface area contributed by atoms with Crippen LogP contribution in [0.5, 0.6) is 0 Å². The zero-order valence-electron chi connectivity index (χ0n) is 13.1. The summed E-state index contributed by atoms with van der Waals surface area (Å²) in [4.78, 5) is 14.0. The third kappa shape index (κ3) is 5.61. The van der Waals surface area contributed by atoms with E-state index in [2.05, 4.69) is 19.2 Å². The Hall–Kier alpha value is -1.55. The molecule has 0 aromatic heterocycles. The second-order valence-corrected chi connectivity index (χ2v) is 6.20. The fourth-order valence-corrected chi connectivity index (χ4v) is 2.05. The van der Waals surface area contributed by atoms with Gasteiger partial charge >= 0.3 is 0 Å². The van der Waals surface area contributed by atoms with Gasteiger partial charge in [-0.1, -0.05) is 19.9 Å². The number of carbonyl (C=O) groups is 1. The highest BCUT2D eigenvalue weighted by Crippen LogP contribution is 2.26. The molecule has 112 valence electrons. The van der Waals surface area contributed by atoms with E-state index in [-0.39, 0.29) is 11.3 Å². The van der Waals surface area contributed by atoms with Crippen LogP contribution in [0.25, 0.3) is 0 Å². The Morgan fingerprint density at radius 1 is 1.30 bits per heavy atom. The molecule has 0 unspecified atom stereocenters. The molecular formula is C16H27N3O. The number of nitrogens with one attached hydrogen (secondary N) is 1. The summed E-state index contributed by atoms with van der Waals surface area (Å²) >= 11 is 0. The number of benzene rings is 1. The maximum Gasteiger partial charge on any atom is 0.224 e. The molecule has 0 saturated carbocycles. The van der Waals surface area contributed by atoms with Gasteiger partial charge in [0.2, 0.25) is 5.91 Å². The van der Waals surface area contributed by atoms with Gasteiger partial charge in [0.1, 0.15) is 0 Å². The van der Waals surface area contributed by atoms with Gasteiger partial charge in [0.15, 0.2) is 0 Å². The lowest BCUT2D eigenvalue weighted by Crippen LogP contribution is -2.20. The van der Waals surface area contributed by atoms with Crippen LogP contribution in [-0.4, -0.2) is 26.5 Å². The number of hydrogen-bond donors (Lipinski definition) is 2. The number of anilines is 2. The van der Waals surface area contributed by atoms with Gasteiger partial charge in [0.25, 0.3) is 0 Å². The molecule has 1 aromatic carbocycles. The first-order valence-corrected chi connectivity index (χ1v) is 7.11. The summed E-state index contributed by atoms with van der Waals surface area (Å²) in [6.45, 7) is 4.97. The van der Waals surface area contributed by atoms with E-state index in [1.165, 1.54) is 0 Å². The molecule has 0 spiro atoms. The van der Waals surface area contributed by atoms with Crippen LogP contribution < -0.4 is 16.0 Å². The summed E-state index contributed by atoms with van der Waals surface area (Å²) in [6, 6.07) is 7.85. The molecule has 1 amide bonds. The van der Waals surface area contributed by atoms with E-state index < -0.39 is 0 Å². The zero-order chi connectivity index (χ0) is 15.2. The Labute approximate surface area is 122 Å². The van der Waals surface area contributed by atoms with Crippen molar-refractivity contribution in [2.75, 3.05) is 30.9 Å². The van der Waals surface area contributed by atoms with Gasteiger partial charge in [-0.25, -0.2) is 0 Å². The van der Waals surface area contributed by atoms with Crippen molar-refractivity contribution in [3.63, 3.8) is 0 Å². The third-order valence-corrected chi connectivity index (χ3v) is 3.50. The number of amides is 1. The van der Waals surface area contributed by atoms with Crippen molar-refractivity contribution in [3.05, 3.63) is 24.3 Å². The Morgan fingerprint density at radius 2 is 2.00 bits per heavy atom. The van der Waals surface area contributed by atoms with E-state index in [0.717, 1.165) is 24.2 Å². The predicted molar refractivity (Wildman–Crippen MR) is 86.1 cm³/mol. The SMILES string of the molecule is CN(C)c1cccc(NC(=O)CCC(C)(C)CCN)c1. The van der Waals surface area contributed by atoms with Crippen molar-refractivity contribution in [1.29, 1.82) is 0 Å². The Bertz CT molecular complexity index is 441. The van der Waals surface area contributed by atoms with E-state index in [1.54, 1.807) is 0 Å². The second-order valence-electron chi connectivity index (χ2n) is 6.20. The van der Waals surface area contributed by atoms with E-state index in [9.17, 15) is 4.79 Å². The highest BCUT2D eigenvalue weighted by Gasteiger charge is 2.18. The van der Waals surface area contributed by atoms with Crippen molar-refractivity contribution in [2.24, 2.45) is 11.1 Å². The van der Waals surface area contributed by atoms with Gasteiger partial charge in [0.05, 0.1) is 0 Å². The smallest absolute Gasteiger partial charge is 0.224 e. The van der Waals surface area contributed by atoms with E-state index in [0.29, 0.717) is 13.0 Å². The van der Waals surface area contributed by atoms with Gasteiger partial charge in [-0.05, 0) is 43.0 Å². The molecule has 0 atom stereocenters. The standard InChI is InChI=1S/C16H27N3O/c1-16(2,10-11-17)9-8-15(20)18-13-6-5-7-14(12-13)19(3)4/h5-7,12H,8-11,17H2,1-4H3,(H,18,20). The monoisotopic (exact) mass is 277 g/mol. The lowest BCUT2D eigenvalue weighted by molar-refractivity contribution is -0.116. The van der Waals surface area contributed by atoms with Crippen LogP contribution in [-0.2, 0) is 4.79 Å². The van der Waals surface area contributed by atoms with Crippen molar-refractivity contribution in [3.8, 4) is 0 Å². The van der Waals surface area contributed by atoms with Crippen molar-refractivity contribution in [1.82, 2.24) is 0 Å². The van der Waals surface area contributed by atoms with Crippen molar-refractivity contribution in [2.45, 2.75) is 33.1 Å². The van der Waals surface area contributed by atoms with Crippen molar-refractivity contribution >= 4 is 17.3 Å². The second kappa shape index (κ2) is 7.29. The van der Waals surface area contributed by atoms with Crippen LogP contribution >= 0.6 is 0 Å². The molecule has 0 heterocycles. The number of carbonyl (C=O) groups excluding carboxylic acids is 1. The Kier molecular flexibility index (Phi) is 6.02. The van der Waals surface area contributed by atoms with Gasteiger partial charge in [0, 0.05) is 31.9 Å². The lowest BCUT2D eigenvalue weighted by atomic mass is 9.84. The van der Waals surface area contributed by atoms with Gasteiger partial charge in [-0.15, -0.1) is 0 Å². The molecule has 0 aliphatic carbocycles. The van der Waals surface area contributed by atoms with Gasteiger partial charge in [-0.2, -0.15) is 0 Å². The molecule has 1 rings (SSSR count). The van der Waals surface area contributed by atoms with Crippen LogP contribution in [0.3, 0.4) is 0 Å². The average molecular weight is 277 g/mol.